The van der Waals surface area contributed by atoms with E-state index in [1.54, 1.807) is 11.2 Å². The molecule has 0 aliphatic carbocycles. The summed E-state index contributed by atoms with van der Waals surface area (Å²) in [6.45, 7) is 5.72. The minimum Gasteiger partial charge on any atom is -0.388 e. The Morgan fingerprint density at radius 1 is 1.18 bits per heavy atom. The van der Waals surface area contributed by atoms with Crippen molar-refractivity contribution in [1.29, 1.82) is 0 Å². The van der Waals surface area contributed by atoms with Crippen molar-refractivity contribution < 1.29 is 29.6 Å². The average molecular weight is 582 g/mol. The molecule has 0 saturated carbocycles. The van der Waals surface area contributed by atoms with E-state index in [-0.39, 0.29) is 23.1 Å². The van der Waals surface area contributed by atoms with Crippen LogP contribution < -0.4 is 10.2 Å². The van der Waals surface area contributed by atoms with E-state index in [1.165, 1.54) is 23.5 Å². The van der Waals surface area contributed by atoms with Crippen molar-refractivity contribution in [3.63, 3.8) is 0 Å². The molecule has 0 bridgehead atoms. The van der Waals surface area contributed by atoms with Gasteiger partial charge >= 0.3 is 0 Å². The molecule has 3 heterocycles. The first kappa shape index (κ1) is 30.6. The number of thioether (sulfide) groups is 2. The van der Waals surface area contributed by atoms with Gasteiger partial charge in [0.2, 0.25) is 11.8 Å². The fraction of sp³-hybridized carbons (Fsp3) is 0.714. The van der Waals surface area contributed by atoms with Crippen LogP contribution in [0.2, 0.25) is 0 Å². The summed E-state index contributed by atoms with van der Waals surface area (Å²) in [6.07, 6.45) is 1.25. The van der Waals surface area contributed by atoms with Crippen molar-refractivity contribution >= 4 is 41.0 Å². The van der Waals surface area contributed by atoms with Crippen molar-refractivity contribution in [3.05, 3.63) is 24.3 Å². The SMILES string of the molecule is CCC[C@@H]1C[C@@H](C(=O)NC([C@H]2O[C@H](SC)[C@H](O)[C@@H](O)[C@H]2O)[C@@H](C)Sc2ccc(N3CCCC3=O)cc2)N(C)C1. The van der Waals surface area contributed by atoms with Crippen LogP contribution in [0.3, 0.4) is 0 Å². The highest BCUT2D eigenvalue weighted by molar-refractivity contribution is 8.00. The molecule has 9 nitrogen and oxygen atoms in total. The molecule has 1 aromatic rings. The molecule has 3 aliphatic heterocycles. The summed E-state index contributed by atoms with van der Waals surface area (Å²) < 4.78 is 6.12. The zero-order valence-electron chi connectivity index (χ0n) is 23.2. The summed E-state index contributed by atoms with van der Waals surface area (Å²) in [5.74, 6) is 0.488. The van der Waals surface area contributed by atoms with Crippen molar-refractivity contribution in [2.75, 3.05) is 31.3 Å². The van der Waals surface area contributed by atoms with Gasteiger partial charge in [-0.05, 0) is 62.7 Å². The lowest BCUT2D eigenvalue weighted by Crippen LogP contribution is -2.65. The topological polar surface area (TPSA) is 123 Å². The van der Waals surface area contributed by atoms with Crippen LogP contribution in [0.1, 0.15) is 46.0 Å². The number of rotatable bonds is 10. The van der Waals surface area contributed by atoms with Gasteiger partial charge < -0.3 is 30.3 Å². The zero-order chi connectivity index (χ0) is 28.3. The van der Waals surface area contributed by atoms with Crippen molar-refractivity contribution in [2.45, 2.75) is 98.0 Å². The first-order valence-corrected chi connectivity index (χ1v) is 16.1. The molecule has 9 atom stereocenters. The first-order chi connectivity index (χ1) is 18.6. The molecule has 0 radical (unpaired) electrons. The van der Waals surface area contributed by atoms with Gasteiger partial charge in [-0.25, -0.2) is 0 Å². The molecule has 4 N–H and O–H groups in total. The number of hydrogen-bond donors (Lipinski definition) is 4. The van der Waals surface area contributed by atoms with Gasteiger partial charge in [-0.15, -0.1) is 23.5 Å². The summed E-state index contributed by atoms with van der Waals surface area (Å²) in [6, 6.07) is 6.89. The predicted molar refractivity (Wildman–Crippen MR) is 155 cm³/mol. The predicted octanol–water partition coefficient (Wildman–Crippen LogP) is 2.07. The number of carbonyl (C=O) groups excluding carboxylic acids is 2. The maximum Gasteiger partial charge on any atom is 0.237 e. The molecule has 1 unspecified atom stereocenters. The van der Waals surface area contributed by atoms with Gasteiger partial charge in [-0.1, -0.05) is 20.3 Å². The molecule has 1 aromatic carbocycles. The molecule has 11 heteroatoms. The van der Waals surface area contributed by atoms with Crippen molar-refractivity contribution in [2.24, 2.45) is 5.92 Å². The van der Waals surface area contributed by atoms with Gasteiger partial charge in [0.1, 0.15) is 29.9 Å². The molecule has 0 aromatic heterocycles. The third-order valence-corrected chi connectivity index (χ3v) is 10.2. The number of benzene rings is 1. The summed E-state index contributed by atoms with van der Waals surface area (Å²) in [4.78, 5) is 30.5. The Morgan fingerprint density at radius 3 is 2.51 bits per heavy atom. The second-order valence-corrected chi connectivity index (χ2v) is 13.4. The summed E-state index contributed by atoms with van der Waals surface area (Å²) in [5, 5.41) is 34.9. The molecule has 2 amide bonds. The Kier molecular flexibility index (Phi) is 10.6. The molecule has 3 fully saturated rings. The number of carbonyl (C=O) groups is 2. The van der Waals surface area contributed by atoms with Gasteiger partial charge in [-0.3, -0.25) is 14.5 Å². The Labute approximate surface area is 240 Å². The highest BCUT2D eigenvalue weighted by Crippen LogP contribution is 2.35. The van der Waals surface area contributed by atoms with Gasteiger partial charge in [0.15, 0.2) is 0 Å². The van der Waals surface area contributed by atoms with Gasteiger partial charge in [0, 0.05) is 35.3 Å². The number of ether oxygens (including phenoxy) is 1. The number of nitrogens with one attached hydrogen (secondary N) is 1. The lowest BCUT2D eigenvalue weighted by Gasteiger charge is -2.44. The normalized spacial score (nSPS) is 33.4. The lowest BCUT2D eigenvalue weighted by molar-refractivity contribution is -0.205. The van der Waals surface area contributed by atoms with Crippen LogP contribution in [0.5, 0.6) is 0 Å². The van der Waals surface area contributed by atoms with E-state index >= 15 is 0 Å². The molecule has 3 aliphatic rings. The van der Waals surface area contributed by atoms with Crippen molar-refractivity contribution in [3.8, 4) is 0 Å². The summed E-state index contributed by atoms with van der Waals surface area (Å²) in [5.41, 5.74) is 0.140. The van der Waals surface area contributed by atoms with E-state index in [0.717, 1.165) is 49.4 Å². The second kappa shape index (κ2) is 13.5. The van der Waals surface area contributed by atoms with Crippen LogP contribution in [0.15, 0.2) is 29.2 Å². The molecule has 218 valence electrons. The van der Waals surface area contributed by atoms with E-state index in [4.69, 9.17) is 4.74 Å². The highest BCUT2D eigenvalue weighted by atomic mass is 32.2. The van der Waals surface area contributed by atoms with Gasteiger partial charge in [0.25, 0.3) is 0 Å². The fourth-order valence-electron chi connectivity index (χ4n) is 6.04. The molecule has 0 spiro atoms. The summed E-state index contributed by atoms with van der Waals surface area (Å²) >= 11 is 2.79. The number of nitrogens with zero attached hydrogens (tertiary/aromatic N) is 2. The van der Waals surface area contributed by atoms with E-state index in [2.05, 4.69) is 17.1 Å². The molecule has 39 heavy (non-hydrogen) atoms. The van der Waals surface area contributed by atoms with Gasteiger partial charge in [0.05, 0.1) is 12.1 Å². The van der Waals surface area contributed by atoms with Crippen LogP contribution in [0, 0.1) is 5.92 Å². The quantitative estimate of drug-likeness (QED) is 0.308. The van der Waals surface area contributed by atoms with E-state index < -0.39 is 35.9 Å². The number of likely N-dealkylation sites (N-methyl/N-ethyl adjacent to an activating group) is 1. The molecular formula is C28H43N3O6S2. The number of hydrogen-bond acceptors (Lipinski definition) is 9. The lowest BCUT2D eigenvalue weighted by atomic mass is 9.92. The largest absolute Gasteiger partial charge is 0.388 e. The van der Waals surface area contributed by atoms with Crippen LogP contribution in [-0.4, -0.2) is 106 Å². The maximum absolute atomic E-state index is 13.6. The highest BCUT2D eigenvalue weighted by Gasteiger charge is 2.48. The van der Waals surface area contributed by atoms with Gasteiger partial charge in [-0.2, -0.15) is 0 Å². The fourth-order valence-corrected chi connectivity index (χ4v) is 7.81. The number of aliphatic hydroxyl groups excluding tert-OH is 3. The first-order valence-electron chi connectivity index (χ1n) is 13.9. The second-order valence-electron chi connectivity index (χ2n) is 11.0. The zero-order valence-corrected chi connectivity index (χ0v) is 24.9. The van der Waals surface area contributed by atoms with E-state index in [0.29, 0.717) is 12.3 Å². The Morgan fingerprint density at radius 2 is 1.90 bits per heavy atom. The van der Waals surface area contributed by atoms with Crippen LogP contribution >= 0.6 is 23.5 Å². The smallest absolute Gasteiger partial charge is 0.237 e. The monoisotopic (exact) mass is 581 g/mol. The van der Waals surface area contributed by atoms with Crippen LogP contribution in [0.25, 0.3) is 0 Å². The number of amides is 2. The number of likely N-dealkylation sites (tertiary alicyclic amines) is 1. The standard InChI is InChI=1S/C28H43N3O6S2/c1-5-7-17-14-20(30(3)15-17)27(36)29-22(26-24(34)23(33)25(35)28(37-26)38-4)16(2)39-19-11-9-18(10-12-19)31-13-6-8-21(31)32/h9-12,16-17,20,22-26,28,33-35H,5-8,13-15H2,1-4H3,(H,29,36)/t16-,17-,20+,22?,23+,24-,25-,26-,28-/m1/s1. The Bertz CT molecular complexity index is 983. The third-order valence-electron chi connectivity index (χ3n) is 8.19. The van der Waals surface area contributed by atoms with E-state index in [9.17, 15) is 24.9 Å². The minimum atomic E-state index is -1.39. The number of anilines is 1. The third kappa shape index (κ3) is 6.94. The molecular weight excluding hydrogens is 538 g/mol. The van der Waals surface area contributed by atoms with Crippen LogP contribution in [-0.2, 0) is 14.3 Å². The molecule has 4 rings (SSSR count). The summed E-state index contributed by atoms with van der Waals surface area (Å²) in [7, 11) is 1.97. The Balaban J connectivity index is 1.53. The number of aliphatic hydroxyl groups is 3. The minimum absolute atomic E-state index is 0.117. The maximum atomic E-state index is 13.6. The Hall–Kier alpha value is -1.34. The van der Waals surface area contributed by atoms with Crippen molar-refractivity contribution in [1.82, 2.24) is 10.2 Å². The average Bonchev–Trinajstić information content (AvgIpc) is 3.51. The molecule has 3 saturated heterocycles. The van der Waals surface area contributed by atoms with E-state index in [1.807, 2.05) is 38.2 Å². The van der Waals surface area contributed by atoms with Crippen LogP contribution in [0.4, 0.5) is 5.69 Å².